The van der Waals surface area contributed by atoms with E-state index in [-0.39, 0.29) is 0 Å². The molecule has 43 heavy (non-hydrogen) atoms. The van der Waals surface area contributed by atoms with Crippen LogP contribution >= 0.6 is 0 Å². The lowest BCUT2D eigenvalue weighted by atomic mass is 9.92. The standard InChI is InChI=1S/C15H4F26N2/c16-4(17,8(24,25)12(30,31)32)6(20,21)10(28,14(36,37)38)42-1-2-43(3-42)11(29,15(39,40)41)7(22,23)5(18,19)9(26,27)13(33,34)35/h1-2H,3H2. The summed E-state index contributed by atoms with van der Waals surface area (Å²) in [5.41, 5.74) is 0. The largest absolute Gasteiger partial charge is 0.460 e. The minimum atomic E-state index is -8.66. The average Bonchev–Trinajstić information content (AvgIpc) is 3.24. The van der Waals surface area contributed by atoms with Crippen LogP contribution in [0.25, 0.3) is 0 Å². The molecule has 1 heterocycles. The molecule has 0 aliphatic carbocycles. The molecule has 1 rings (SSSR count). The van der Waals surface area contributed by atoms with Gasteiger partial charge in [-0.3, -0.25) is 0 Å². The summed E-state index contributed by atoms with van der Waals surface area (Å²) in [5, 5.41) is 0. The Morgan fingerprint density at radius 2 is 0.488 bits per heavy atom. The lowest BCUT2D eigenvalue weighted by Crippen LogP contribution is -2.77. The highest BCUT2D eigenvalue weighted by atomic mass is 19.4. The molecule has 0 aromatic carbocycles. The maximum atomic E-state index is 14.7. The van der Waals surface area contributed by atoms with Gasteiger partial charge < -0.3 is 9.80 Å². The van der Waals surface area contributed by atoms with Gasteiger partial charge in [0.1, 0.15) is 0 Å². The fourth-order valence-corrected chi connectivity index (χ4v) is 3.03. The van der Waals surface area contributed by atoms with E-state index < -0.39 is 101 Å². The van der Waals surface area contributed by atoms with Crippen LogP contribution in [0.15, 0.2) is 12.4 Å². The molecule has 0 spiro atoms. The summed E-state index contributed by atoms with van der Waals surface area (Å²) < 4.78 is 345. The Morgan fingerprint density at radius 3 is 0.651 bits per heavy atom. The summed E-state index contributed by atoms with van der Waals surface area (Å²) in [6, 6.07) is 0. The number of alkyl halides is 26. The van der Waals surface area contributed by atoms with Crippen molar-refractivity contribution in [1.29, 1.82) is 0 Å². The van der Waals surface area contributed by atoms with Crippen molar-refractivity contribution >= 4 is 0 Å². The van der Waals surface area contributed by atoms with E-state index in [1.54, 1.807) is 0 Å². The Bertz CT molecular complexity index is 976. The zero-order valence-electron chi connectivity index (χ0n) is 18.6. The molecule has 2 atom stereocenters. The van der Waals surface area contributed by atoms with Gasteiger partial charge >= 0.3 is 71.8 Å². The number of hydrogen-bond acceptors (Lipinski definition) is 2. The Hall–Kier alpha value is -2.48. The first-order valence-corrected chi connectivity index (χ1v) is 9.34. The SMILES string of the molecule is FC(F)(F)C(F)(F)C(F)(F)C(F)(F)C(F)(N1C=CN(C(F)(C(F)(F)F)C(F)(F)C(F)(F)C(F)(F)C(F)(F)F)C1)C(F)(F)F. The van der Waals surface area contributed by atoms with Gasteiger partial charge in [0.15, 0.2) is 0 Å². The van der Waals surface area contributed by atoms with E-state index in [4.69, 9.17) is 0 Å². The highest BCUT2D eigenvalue weighted by Crippen LogP contribution is 2.64. The van der Waals surface area contributed by atoms with Gasteiger partial charge in [0.25, 0.3) is 0 Å². The van der Waals surface area contributed by atoms with Gasteiger partial charge in [-0.25, -0.2) is 8.78 Å². The summed E-state index contributed by atoms with van der Waals surface area (Å²) in [6.45, 7) is -3.97. The van der Waals surface area contributed by atoms with E-state index in [1.807, 2.05) is 0 Å². The fourth-order valence-electron chi connectivity index (χ4n) is 3.03. The molecule has 0 aromatic rings. The molecule has 0 aromatic heterocycles. The highest BCUT2D eigenvalue weighted by Gasteiger charge is 2.94. The molecule has 0 fully saturated rings. The number of nitrogens with zero attached hydrogens (tertiary/aromatic N) is 2. The maximum Gasteiger partial charge on any atom is 0.460 e. The van der Waals surface area contributed by atoms with Gasteiger partial charge in [-0.2, -0.15) is 105 Å². The number of rotatable bonds is 8. The first-order valence-electron chi connectivity index (χ1n) is 9.34. The van der Waals surface area contributed by atoms with Gasteiger partial charge in [0, 0.05) is 12.4 Å². The van der Waals surface area contributed by atoms with E-state index >= 15 is 0 Å². The molecular formula is C15H4F26N2. The van der Waals surface area contributed by atoms with E-state index in [1.165, 1.54) is 0 Å². The van der Waals surface area contributed by atoms with Crippen LogP contribution in [0.1, 0.15) is 0 Å². The van der Waals surface area contributed by atoms with Crippen LogP contribution in [-0.2, 0) is 0 Å². The Labute approximate surface area is 216 Å². The van der Waals surface area contributed by atoms with E-state index in [0.29, 0.717) is 0 Å². The molecular weight excluding hydrogens is 702 g/mol. The Morgan fingerprint density at radius 1 is 0.279 bits per heavy atom. The Balaban J connectivity index is 3.96. The number of halogens is 26. The van der Waals surface area contributed by atoms with Crippen LogP contribution in [-0.4, -0.2) is 88.3 Å². The normalized spacial score (nSPS) is 20.4. The molecule has 0 saturated heterocycles. The second-order valence-electron chi connectivity index (χ2n) is 8.06. The quantitative estimate of drug-likeness (QED) is 0.185. The molecule has 0 amide bonds. The maximum absolute atomic E-state index is 14.7. The first kappa shape index (κ1) is 38.5. The second kappa shape index (κ2) is 9.51. The van der Waals surface area contributed by atoms with E-state index in [2.05, 4.69) is 0 Å². The predicted molar refractivity (Wildman–Crippen MR) is 79.3 cm³/mol. The Kier molecular flexibility index (Phi) is 8.53. The summed E-state index contributed by atoms with van der Waals surface area (Å²) >= 11 is 0. The predicted octanol–water partition coefficient (Wildman–Crippen LogP) is 8.43. The average molecular weight is 706 g/mol. The highest BCUT2D eigenvalue weighted by molar-refractivity contribution is 5.19. The zero-order chi connectivity index (χ0) is 35.3. The minimum Gasteiger partial charge on any atom is -0.314 e. The first-order chi connectivity index (χ1) is 18.2. The van der Waals surface area contributed by atoms with Crippen LogP contribution in [0.3, 0.4) is 0 Å². The molecule has 1 aliphatic heterocycles. The molecule has 0 N–H and O–H groups in total. The van der Waals surface area contributed by atoms with Gasteiger partial charge in [-0.05, 0) is 0 Å². The third kappa shape index (κ3) is 4.72. The molecule has 0 saturated carbocycles. The van der Waals surface area contributed by atoms with Crippen LogP contribution in [0.4, 0.5) is 114 Å². The minimum absolute atomic E-state index is 1.71. The smallest absolute Gasteiger partial charge is 0.314 e. The summed E-state index contributed by atoms with van der Waals surface area (Å²) in [7, 11) is 0. The summed E-state index contributed by atoms with van der Waals surface area (Å²) in [4.78, 5) is -5.44. The third-order valence-electron chi connectivity index (χ3n) is 5.40. The van der Waals surface area contributed by atoms with Crippen molar-refractivity contribution in [3.8, 4) is 0 Å². The van der Waals surface area contributed by atoms with Gasteiger partial charge in [0.2, 0.25) is 0 Å². The van der Waals surface area contributed by atoms with Crippen LogP contribution < -0.4 is 0 Å². The van der Waals surface area contributed by atoms with Gasteiger partial charge in [-0.15, -0.1) is 0 Å². The second-order valence-corrected chi connectivity index (χ2v) is 8.06. The molecule has 256 valence electrons. The lowest BCUT2D eigenvalue weighted by molar-refractivity contribution is -0.455. The summed E-state index contributed by atoms with van der Waals surface area (Å²) in [5.74, 6) is -67.3. The van der Waals surface area contributed by atoms with Crippen molar-refractivity contribution in [2.75, 3.05) is 6.67 Å². The van der Waals surface area contributed by atoms with E-state index in [9.17, 15) is 114 Å². The van der Waals surface area contributed by atoms with Crippen molar-refractivity contribution in [2.45, 2.75) is 71.8 Å². The van der Waals surface area contributed by atoms with Crippen LogP contribution in [0.2, 0.25) is 0 Å². The van der Waals surface area contributed by atoms with Gasteiger partial charge in [-0.1, -0.05) is 0 Å². The topological polar surface area (TPSA) is 6.48 Å². The fraction of sp³-hybridized carbons (Fsp3) is 0.867. The number of hydrogen-bond donors (Lipinski definition) is 0. The summed E-state index contributed by atoms with van der Waals surface area (Å²) in [6.07, 6.45) is -35.5. The van der Waals surface area contributed by atoms with Crippen molar-refractivity contribution < 1.29 is 114 Å². The van der Waals surface area contributed by atoms with Crippen molar-refractivity contribution in [3.05, 3.63) is 12.4 Å². The monoisotopic (exact) mass is 706 g/mol. The van der Waals surface area contributed by atoms with Gasteiger partial charge in [0.05, 0.1) is 6.67 Å². The third-order valence-corrected chi connectivity index (χ3v) is 5.40. The molecule has 0 bridgehead atoms. The molecule has 0 radical (unpaired) electrons. The molecule has 28 heteroatoms. The molecule has 2 nitrogen and oxygen atoms in total. The van der Waals surface area contributed by atoms with Crippen molar-refractivity contribution in [2.24, 2.45) is 0 Å². The zero-order valence-corrected chi connectivity index (χ0v) is 18.6. The van der Waals surface area contributed by atoms with Crippen LogP contribution in [0, 0.1) is 0 Å². The lowest BCUT2D eigenvalue weighted by Gasteiger charge is -2.47. The van der Waals surface area contributed by atoms with Crippen LogP contribution in [0.5, 0.6) is 0 Å². The molecule has 2 unspecified atom stereocenters. The van der Waals surface area contributed by atoms with E-state index in [0.717, 1.165) is 0 Å². The van der Waals surface area contributed by atoms with Crippen molar-refractivity contribution in [1.82, 2.24) is 9.80 Å². The van der Waals surface area contributed by atoms with Crippen molar-refractivity contribution in [3.63, 3.8) is 0 Å². The molecule has 1 aliphatic rings.